The van der Waals surface area contributed by atoms with Crippen molar-refractivity contribution in [1.29, 1.82) is 5.26 Å². The highest BCUT2D eigenvalue weighted by atomic mass is 19.3. The van der Waals surface area contributed by atoms with Crippen molar-refractivity contribution >= 4 is 11.6 Å². The van der Waals surface area contributed by atoms with Gasteiger partial charge in [-0.15, -0.1) is 0 Å². The van der Waals surface area contributed by atoms with Crippen molar-refractivity contribution in [2.24, 2.45) is 0 Å². The highest BCUT2D eigenvalue weighted by Crippen LogP contribution is 2.26. The fraction of sp³-hybridized carbons (Fsp3) is 0.385. The zero-order chi connectivity index (χ0) is 16.0. The van der Waals surface area contributed by atoms with Crippen LogP contribution in [0.15, 0.2) is 18.2 Å². The molecular formula is C13H12F4N2O2. The van der Waals surface area contributed by atoms with Crippen molar-refractivity contribution in [3.63, 3.8) is 0 Å². The first-order chi connectivity index (χ1) is 9.76. The second kappa shape index (κ2) is 6.92. The van der Waals surface area contributed by atoms with Gasteiger partial charge in [0.25, 0.3) is 0 Å². The smallest absolute Gasteiger partial charge is 0.340 e. The number of hydrogen-bond donors (Lipinski definition) is 1. The van der Waals surface area contributed by atoms with E-state index in [1.54, 1.807) is 13.0 Å². The minimum absolute atomic E-state index is 0.0221. The van der Waals surface area contributed by atoms with E-state index in [-0.39, 0.29) is 12.2 Å². The Kier molecular flexibility index (Phi) is 5.52. The van der Waals surface area contributed by atoms with E-state index in [1.165, 1.54) is 18.2 Å². The van der Waals surface area contributed by atoms with Gasteiger partial charge in [0.2, 0.25) is 5.91 Å². The average Bonchev–Trinajstić information content (AvgIpc) is 2.39. The fourth-order valence-electron chi connectivity index (χ4n) is 1.37. The molecule has 0 unspecified atom stereocenters. The van der Waals surface area contributed by atoms with Gasteiger partial charge in [0.1, 0.15) is 12.2 Å². The van der Waals surface area contributed by atoms with E-state index in [1.807, 2.05) is 0 Å². The van der Waals surface area contributed by atoms with Crippen molar-refractivity contribution in [3.8, 4) is 11.8 Å². The third kappa shape index (κ3) is 4.95. The van der Waals surface area contributed by atoms with Crippen LogP contribution in [0.25, 0.3) is 0 Å². The van der Waals surface area contributed by atoms with Gasteiger partial charge in [-0.3, -0.25) is 4.79 Å². The lowest BCUT2D eigenvalue weighted by molar-refractivity contribution is -0.148. The molecule has 21 heavy (non-hydrogen) atoms. The lowest BCUT2D eigenvalue weighted by atomic mass is 10.2. The molecular weight excluding hydrogens is 292 g/mol. The maximum Gasteiger partial charge on any atom is 0.340 e. The molecule has 0 spiro atoms. The molecule has 0 aliphatic rings. The maximum absolute atomic E-state index is 12.7. The van der Waals surface area contributed by atoms with E-state index in [2.05, 4.69) is 10.1 Å². The first-order valence-electron chi connectivity index (χ1n) is 5.82. The summed E-state index contributed by atoms with van der Waals surface area (Å²) in [5, 5.41) is 10.8. The Labute approximate surface area is 118 Å². The normalized spacial score (nSPS) is 11.1. The molecule has 0 saturated carbocycles. The third-order valence-electron chi connectivity index (χ3n) is 2.46. The van der Waals surface area contributed by atoms with E-state index in [0.717, 1.165) is 0 Å². The van der Waals surface area contributed by atoms with Gasteiger partial charge in [-0.2, -0.15) is 14.0 Å². The second-order valence-corrected chi connectivity index (χ2v) is 4.21. The van der Waals surface area contributed by atoms with E-state index < -0.39 is 24.9 Å². The Morgan fingerprint density at radius 2 is 2.14 bits per heavy atom. The number of amides is 1. The topological polar surface area (TPSA) is 62.1 Å². The van der Waals surface area contributed by atoms with E-state index in [4.69, 9.17) is 5.26 Å². The summed E-state index contributed by atoms with van der Waals surface area (Å²) in [6, 6.07) is 5.63. The summed E-state index contributed by atoms with van der Waals surface area (Å²) in [6.45, 7) is 0.129. The molecule has 4 nitrogen and oxygen atoms in total. The minimum atomic E-state index is -4.23. The number of nitriles is 1. The molecule has 1 aromatic carbocycles. The van der Waals surface area contributed by atoms with Crippen LogP contribution in [0.5, 0.6) is 5.75 Å². The summed E-state index contributed by atoms with van der Waals surface area (Å²) >= 11 is 0. The van der Waals surface area contributed by atoms with Crippen molar-refractivity contribution in [3.05, 3.63) is 23.8 Å². The molecule has 1 rings (SSSR count). The second-order valence-electron chi connectivity index (χ2n) is 4.21. The summed E-state index contributed by atoms with van der Waals surface area (Å²) in [6.07, 6.45) is -4.12. The largest absolute Gasteiger partial charge is 0.487 e. The number of carbonyl (C=O) groups is 1. The van der Waals surface area contributed by atoms with Crippen molar-refractivity contribution in [2.45, 2.75) is 25.7 Å². The lowest BCUT2D eigenvalue weighted by Gasteiger charge is -2.16. The van der Waals surface area contributed by atoms with Crippen LogP contribution < -0.4 is 10.1 Å². The number of aryl methyl sites for hydroxylation is 1. The van der Waals surface area contributed by atoms with Crippen molar-refractivity contribution < 1.29 is 27.1 Å². The van der Waals surface area contributed by atoms with Crippen molar-refractivity contribution in [2.75, 3.05) is 11.9 Å². The van der Waals surface area contributed by atoms with Crippen molar-refractivity contribution in [1.82, 2.24) is 0 Å². The molecule has 0 radical (unpaired) electrons. The first kappa shape index (κ1) is 16.8. The number of halogens is 4. The minimum Gasteiger partial charge on any atom is -0.487 e. The number of nitrogens with zero attached hydrogens (tertiary/aromatic N) is 1. The van der Waals surface area contributed by atoms with Gasteiger partial charge in [0.05, 0.1) is 6.07 Å². The predicted molar refractivity (Wildman–Crippen MR) is 66.5 cm³/mol. The molecule has 0 saturated heterocycles. The Balaban J connectivity index is 2.70. The molecule has 0 aliphatic carbocycles. The zero-order valence-corrected chi connectivity index (χ0v) is 11.0. The van der Waals surface area contributed by atoms with Crippen LogP contribution in [-0.2, 0) is 4.79 Å². The number of alkyl halides is 4. The van der Waals surface area contributed by atoms with E-state index >= 15 is 0 Å². The average molecular weight is 304 g/mol. The molecule has 0 heterocycles. The number of nitrogens with one attached hydrogen (secondary N) is 1. The molecule has 0 bridgehead atoms. The summed E-state index contributed by atoms with van der Waals surface area (Å²) in [7, 11) is 0. The van der Waals surface area contributed by atoms with Crippen LogP contribution in [0.3, 0.4) is 0 Å². The van der Waals surface area contributed by atoms with Gasteiger partial charge in [-0.25, -0.2) is 8.78 Å². The van der Waals surface area contributed by atoms with Gasteiger partial charge in [-0.1, -0.05) is 0 Å². The van der Waals surface area contributed by atoms with Crippen LogP contribution in [0.4, 0.5) is 23.2 Å². The Morgan fingerprint density at radius 3 is 2.67 bits per heavy atom. The highest BCUT2D eigenvalue weighted by Gasteiger charge is 2.41. The number of rotatable bonds is 6. The Hall–Kier alpha value is -2.30. The maximum atomic E-state index is 12.7. The zero-order valence-electron chi connectivity index (χ0n) is 11.0. The van der Waals surface area contributed by atoms with Gasteiger partial charge < -0.3 is 10.1 Å². The fourth-order valence-corrected chi connectivity index (χ4v) is 1.37. The highest BCUT2D eigenvalue weighted by molar-refractivity contribution is 5.92. The molecule has 8 heteroatoms. The van der Waals surface area contributed by atoms with Gasteiger partial charge in [-0.05, 0) is 30.7 Å². The number of benzene rings is 1. The van der Waals surface area contributed by atoms with Gasteiger partial charge in [0, 0.05) is 5.69 Å². The van der Waals surface area contributed by atoms with Crippen LogP contribution in [0.2, 0.25) is 0 Å². The molecule has 1 aromatic rings. The summed E-state index contributed by atoms with van der Waals surface area (Å²) in [4.78, 5) is 11.2. The molecule has 1 amide bonds. The first-order valence-corrected chi connectivity index (χ1v) is 5.82. The van der Waals surface area contributed by atoms with E-state index in [9.17, 15) is 22.4 Å². The standard InChI is InChI=1S/C13H12F4N2O2/c1-8-6-9(21-7-13(16,17)12(14)15)2-3-10(8)19-11(20)4-5-18/h2-3,6,12H,4,7H2,1H3,(H,19,20). The Morgan fingerprint density at radius 1 is 1.48 bits per heavy atom. The molecule has 1 N–H and O–H groups in total. The summed E-state index contributed by atoms with van der Waals surface area (Å²) < 4.78 is 54.0. The monoisotopic (exact) mass is 304 g/mol. The van der Waals surface area contributed by atoms with Crippen LogP contribution in [0.1, 0.15) is 12.0 Å². The van der Waals surface area contributed by atoms with Crippen LogP contribution in [-0.4, -0.2) is 24.9 Å². The summed E-state index contributed by atoms with van der Waals surface area (Å²) in [5.41, 5.74) is 0.863. The quantitative estimate of drug-likeness (QED) is 0.821. The van der Waals surface area contributed by atoms with Crippen LogP contribution >= 0.6 is 0 Å². The molecule has 0 fully saturated rings. The van der Waals surface area contributed by atoms with Crippen LogP contribution in [0, 0.1) is 18.3 Å². The lowest BCUT2D eigenvalue weighted by Crippen LogP contribution is -2.33. The molecule has 0 atom stereocenters. The Bertz CT molecular complexity index is 556. The van der Waals surface area contributed by atoms with Gasteiger partial charge in [0.15, 0.2) is 6.61 Å². The molecule has 114 valence electrons. The molecule has 0 aromatic heterocycles. The SMILES string of the molecule is Cc1cc(OCC(F)(F)C(F)F)ccc1NC(=O)CC#N. The van der Waals surface area contributed by atoms with E-state index in [0.29, 0.717) is 11.3 Å². The number of carbonyl (C=O) groups excluding carboxylic acids is 1. The summed E-state index contributed by atoms with van der Waals surface area (Å²) in [5.74, 6) is -4.77. The van der Waals surface area contributed by atoms with Gasteiger partial charge >= 0.3 is 12.3 Å². The number of hydrogen-bond acceptors (Lipinski definition) is 3. The predicted octanol–water partition coefficient (Wildman–Crippen LogP) is 3.13. The number of anilines is 1. The number of ether oxygens (including phenoxy) is 1. The molecule has 0 aliphatic heterocycles. The third-order valence-corrected chi connectivity index (χ3v) is 2.46.